The minimum absolute atomic E-state index is 0.0125. The van der Waals surface area contributed by atoms with E-state index in [1.54, 1.807) is 0 Å². The highest BCUT2D eigenvalue weighted by Crippen LogP contribution is 2.21. The van der Waals surface area contributed by atoms with Crippen LogP contribution in [-0.2, 0) is 9.59 Å². The first-order valence-electron chi connectivity index (χ1n) is 13.0. The number of carboxylic acids is 2. The van der Waals surface area contributed by atoms with Gasteiger partial charge in [0, 0.05) is 61.5 Å². The molecule has 0 unspecified atom stereocenters. The number of carbonyl (C=O) groups is 3. The fourth-order valence-corrected chi connectivity index (χ4v) is 4.26. The minimum Gasteiger partial charge on any atom is -0.481 e. The molecule has 196 valence electrons. The van der Waals surface area contributed by atoms with Crippen molar-refractivity contribution in [1.29, 1.82) is 0 Å². The molecule has 36 heavy (non-hydrogen) atoms. The van der Waals surface area contributed by atoms with Crippen LogP contribution in [0.4, 0.5) is 11.4 Å². The zero-order chi connectivity index (χ0) is 26.3. The summed E-state index contributed by atoms with van der Waals surface area (Å²) in [6.45, 7) is 7.60. The van der Waals surface area contributed by atoms with Crippen molar-refractivity contribution in [1.82, 2.24) is 0 Å². The largest absolute Gasteiger partial charge is 0.481 e. The topological polar surface area (TPSA) is 98.2 Å². The van der Waals surface area contributed by atoms with Gasteiger partial charge in [-0.05, 0) is 88.1 Å². The van der Waals surface area contributed by atoms with Crippen molar-refractivity contribution in [3.05, 3.63) is 59.7 Å². The molecule has 0 amide bonds. The molecule has 0 spiro atoms. The zero-order valence-corrected chi connectivity index (χ0v) is 21.6. The van der Waals surface area contributed by atoms with Crippen molar-refractivity contribution in [2.24, 2.45) is 0 Å². The average molecular weight is 497 g/mol. The predicted octanol–water partition coefficient (Wildman–Crippen LogP) is 5.86. The first-order chi connectivity index (χ1) is 17.3. The maximum Gasteiger partial charge on any atom is 0.303 e. The summed E-state index contributed by atoms with van der Waals surface area (Å²) < 4.78 is 0. The fourth-order valence-electron chi connectivity index (χ4n) is 4.26. The van der Waals surface area contributed by atoms with E-state index in [1.807, 2.05) is 48.5 Å². The highest BCUT2D eigenvalue weighted by atomic mass is 16.4. The molecule has 0 fully saturated rings. The molecule has 2 aromatic rings. The van der Waals surface area contributed by atoms with Crippen LogP contribution in [-0.4, -0.2) is 54.1 Å². The lowest BCUT2D eigenvalue weighted by molar-refractivity contribution is -0.138. The lowest BCUT2D eigenvalue weighted by Gasteiger charge is -2.23. The van der Waals surface area contributed by atoms with Crippen LogP contribution in [0.3, 0.4) is 0 Å². The Morgan fingerprint density at radius 3 is 1.25 bits per heavy atom. The number of aliphatic carboxylic acids is 2. The van der Waals surface area contributed by atoms with Crippen molar-refractivity contribution in [2.75, 3.05) is 36.0 Å². The molecule has 0 aliphatic rings. The van der Waals surface area contributed by atoms with Gasteiger partial charge in [-0.15, -0.1) is 0 Å². The van der Waals surface area contributed by atoms with E-state index in [2.05, 4.69) is 23.6 Å². The smallest absolute Gasteiger partial charge is 0.303 e. The second-order valence-electron chi connectivity index (χ2n) is 8.99. The van der Waals surface area contributed by atoms with E-state index in [0.717, 1.165) is 63.2 Å². The molecule has 7 nitrogen and oxygen atoms in total. The van der Waals surface area contributed by atoms with Gasteiger partial charge in [0.1, 0.15) is 0 Å². The SMILES string of the molecule is CCN(CCCCCC(=O)O)c1ccc(C(=O)c2ccc(N(CC)CCCCCC(=O)O)cc2)cc1. The predicted molar refractivity (Wildman–Crippen MR) is 144 cm³/mol. The van der Waals surface area contributed by atoms with Crippen molar-refractivity contribution >= 4 is 29.1 Å². The van der Waals surface area contributed by atoms with E-state index in [0.29, 0.717) is 24.0 Å². The summed E-state index contributed by atoms with van der Waals surface area (Å²) in [6, 6.07) is 15.4. The Labute approximate surface area is 214 Å². The van der Waals surface area contributed by atoms with E-state index in [-0.39, 0.29) is 18.6 Å². The molecule has 2 aromatic carbocycles. The molecule has 0 heterocycles. The Morgan fingerprint density at radius 2 is 0.944 bits per heavy atom. The molecular weight excluding hydrogens is 456 g/mol. The Bertz CT molecular complexity index is 879. The summed E-state index contributed by atoms with van der Waals surface area (Å²) in [7, 11) is 0. The second kappa shape index (κ2) is 15.6. The molecular formula is C29H40N2O5. The Morgan fingerprint density at radius 1 is 0.583 bits per heavy atom. The van der Waals surface area contributed by atoms with Crippen LogP contribution in [0.1, 0.15) is 81.1 Å². The van der Waals surface area contributed by atoms with Crippen LogP contribution in [0, 0.1) is 0 Å². The molecule has 0 aliphatic heterocycles. The Hall–Kier alpha value is -3.35. The number of carbonyl (C=O) groups excluding carboxylic acids is 1. The molecule has 2 rings (SSSR count). The third-order valence-electron chi connectivity index (χ3n) is 6.39. The van der Waals surface area contributed by atoms with E-state index in [4.69, 9.17) is 10.2 Å². The molecule has 2 N–H and O–H groups in total. The lowest BCUT2D eigenvalue weighted by atomic mass is 10.0. The van der Waals surface area contributed by atoms with Gasteiger partial charge in [0.15, 0.2) is 5.78 Å². The van der Waals surface area contributed by atoms with Gasteiger partial charge >= 0.3 is 11.9 Å². The van der Waals surface area contributed by atoms with Gasteiger partial charge in [-0.25, -0.2) is 0 Å². The molecule has 0 bridgehead atoms. The number of nitrogens with zero attached hydrogens (tertiary/aromatic N) is 2. The first-order valence-corrected chi connectivity index (χ1v) is 13.0. The van der Waals surface area contributed by atoms with E-state index < -0.39 is 11.9 Å². The lowest BCUT2D eigenvalue weighted by Crippen LogP contribution is -2.24. The molecule has 7 heteroatoms. The van der Waals surface area contributed by atoms with Crippen LogP contribution < -0.4 is 9.80 Å². The van der Waals surface area contributed by atoms with Gasteiger partial charge in [-0.1, -0.05) is 12.8 Å². The van der Waals surface area contributed by atoms with Gasteiger partial charge in [-0.2, -0.15) is 0 Å². The summed E-state index contributed by atoms with van der Waals surface area (Å²) in [4.78, 5) is 38.8. The van der Waals surface area contributed by atoms with Crippen molar-refractivity contribution in [3.8, 4) is 0 Å². The molecule has 0 aliphatic carbocycles. The standard InChI is InChI=1S/C29H40N2O5/c1-3-30(21-9-5-7-11-27(32)33)25-17-13-23(14-18-25)29(36)24-15-19-26(20-16-24)31(4-2)22-10-6-8-12-28(34)35/h13-20H,3-12,21-22H2,1-2H3,(H,32,33)(H,34,35). The van der Waals surface area contributed by atoms with Gasteiger partial charge in [0.05, 0.1) is 0 Å². The minimum atomic E-state index is -0.745. The Balaban J connectivity index is 1.91. The fraction of sp³-hybridized carbons (Fsp3) is 0.483. The highest BCUT2D eigenvalue weighted by molar-refractivity contribution is 6.09. The highest BCUT2D eigenvalue weighted by Gasteiger charge is 2.12. The second-order valence-corrected chi connectivity index (χ2v) is 8.99. The van der Waals surface area contributed by atoms with Crippen LogP contribution in [0.5, 0.6) is 0 Å². The first kappa shape index (κ1) is 28.9. The number of ketones is 1. The van der Waals surface area contributed by atoms with Crippen LogP contribution in [0.25, 0.3) is 0 Å². The monoisotopic (exact) mass is 496 g/mol. The van der Waals surface area contributed by atoms with Gasteiger partial charge in [-0.3, -0.25) is 14.4 Å². The van der Waals surface area contributed by atoms with Gasteiger partial charge in [0.2, 0.25) is 0 Å². The third-order valence-corrected chi connectivity index (χ3v) is 6.39. The summed E-state index contributed by atoms with van der Waals surface area (Å²) >= 11 is 0. The average Bonchev–Trinajstić information content (AvgIpc) is 2.88. The number of carboxylic acid groups (broad SMARTS) is 2. The van der Waals surface area contributed by atoms with E-state index >= 15 is 0 Å². The number of benzene rings is 2. The molecule has 0 aromatic heterocycles. The van der Waals surface area contributed by atoms with Crippen molar-refractivity contribution < 1.29 is 24.6 Å². The van der Waals surface area contributed by atoms with Crippen LogP contribution in [0.15, 0.2) is 48.5 Å². The van der Waals surface area contributed by atoms with Gasteiger partial charge in [0.25, 0.3) is 0 Å². The molecule has 0 atom stereocenters. The van der Waals surface area contributed by atoms with Crippen molar-refractivity contribution in [2.45, 2.75) is 65.2 Å². The normalized spacial score (nSPS) is 10.7. The number of unbranched alkanes of at least 4 members (excludes halogenated alkanes) is 4. The number of hydrogen-bond acceptors (Lipinski definition) is 5. The zero-order valence-electron chi connectivity index (χ0n) is 21.6. The number of rotatable bonds is 18. The summed E-state index contributed by atoms with van der Waals surface area (Å²) in [5.41, 5.74) is 3.42. The van der Waals surface area contributed by atoms with Crippen molar-refractivity contribution in [3.63, 3.8) is 0 Å². The van der Waals surface area contributed by atoms with E-state index in [9.17, 15) is 14.4 Å². The van der Waals surface area contributed by atoms with Crippen LogP contribution >= 0.6 is 0 Å². The quantitative estimate of drug-likeness (QED) is 0.197. The summed E-state index contributed by atoms with van der Waals surface area (Å²) in [6.07, 6.45) is 5.47. The molecule has 0 saturated heterocycles. The number of anilines is 2. The van der Waals surface area contributed by atoms with E-state index in [1.165, 1.54) is 0 Å². The number of hydrogen-bond donors (Lipinski definition) is 2. The molecule has 0 saturated carbocycles. The maximum atomic E-state index is 13.0. The maximum absolute atomic E-state index is 13.0. The Kier molecular flexibility index (Phi) is 12.5. The summed E-state index contributed by atoms with van der Waals surface area (Å²) in [5, 5.41) is 17.5. The van der Waals surface area contributed by atoms with Crippen LogP contribution in [0.2, 0.25) is 0 Å². The molecule has 0 radical (unpaired) electrons. The van der Waals surface area contributed by atoms with Gasteiger partial charge < -0.3 is 20.0 Å². The summed E-state index contributed by atoms with van der Waals surface area (Å²) in [5.74, 6) is -1.50. The third kappa shape index (κ3) is 9.72.